The van der Waals surface area contributed by atoms with Crippen LogP contribution in [0.15, 0.2) is 75.7 Å². The van der Waals surface area contributed by atoms with Gasteiger partial charge in [0.2, 0.25) is 5.13 Å². The third-order valence-electron chi connectivity index (χ3n) is 3.65. The number of halogens is 1. The maximum atomic E-state index is 4.56. The number of hydrazone groups is 1. The molecule has 2 heterocycles. The lowest BCUT2D eigenvalue weighted by Crippen LogP contribution is -1.92. The lowest BCUT2D eigenvalue weighted by molar-refractivity contribution is 1.29. The minimum Gasteiger partial charge on any atom is -0.254 e. The fourth-order valence-corrected chi connectivity index (χ4v) is 3.50. The van der Waals surface area contributed by atoms with Gasteiger partial charge in [0.15, 0.2) is 0 Å². The van der Waals surface area contributed by atoms with E-state index in [0.29, 0.717) is 0 Å². The van der Waals surface area contributed by atoms with Crippen LogP contribution >= 0.6 is 27.3 Å². The van der Waals surface area contributed by atoms with Gasteiger partial charge in [0.1, 0.15) is 0 Å². The topological polar surface area (TPSA) is 50.2 Å². The summed E-state index contributed by atoms with van der Waals surface area (Å²) in [5, 5.41) is 8.15. The van der Waals surface area contributed by atoms with Gasteiger partial charge in [-0.1, -0.05) is 48.5 Å². The van der Waals surface area contributed by atoms with Crippen LogP contribution in [0.2, 0.25) is 0 Å². The lowest BCUT2D eigenvalue weighted by atomic mass is 10.1. The largest absolute Gasteiger partial charge is 0.254 e. The first-order valence-corrected chi connectivity index (χ1v) is 9.31. The molecule has 0 atom stereocenters. The van der Waals surface area contributed by atoms with Gasteiger partial charge in [-0.15, -0.1) is 11.3 Å². The molecule has 2 aromatic carbocycles. The summed E-state index contributed by atoms with van der Waals surface area (Å²) < 4.78 is 0.962. The second kappa shape index (κ2) is 7.13. The molecule has 4 rings (SSSR count). The van der Waals surface area contributed by atoms with Gasteiger partial charge in [-0.25, -0.2) is 4.98 Å². The Labute approximate surface area is 157 Å². The fourth-order valence-electron chi connectivity index (χ4n) is 2.49. The van der Waals surface area contributed by atoms with Crippen molar-refractivity contribution in [2.45, 2.75) is 0 Å². The quantitative estimate of drug-likeness (QED) is 0.354. The number of benzene rings is 2. The summed E-state index contributed by atoms with van der Waals surface area (Å²) in [4.78, 5) is 9.03. The van der Waals surface area contributed by atoms with Gasteiger partial charge in [0.05, 0.1) is 17.4 Å². The smallest absolute Gasteiger partial charge is 0.203 e. The highest BCUT2D eigenvalue weighted by molar-refractivity contribution is 9.10. The molecule has 6 heteroatoms. The van der Waals surface area contributed by atoms with Crippen LogP contribution in [0, 0.1) is 0 Å². The van der Waals surface area contributed by atoms with E-state index in [1.165, 1.54) is 11.3 Å². The minimum absolute atomic E-state index is 0.756. The van der Waals surface area contributed by atoms with E-state index in [1.54, 1.807) is 12.4 Å². The molecule has 0 fully saturated rings. The summed E-state index contributed by atoms with van der Waals surface area (Å²) in [6.07, 6.45) is 3.56. The molecule has 0 spiro atoms. The average molecular weight is 409 g/mol. The number of aromatic nitrogens is 2. The van der Waals surface area contributed by atoms with Crippen LogP contribution in [-0.2, 0) is 0 Å². The van der Waals surface area contributed by atoms with Crippen molar-refractivity contribution in [3.63, 3.8) is 0 Å². The summed E-state index contributed by atoms with van der Waals surface area (Å²) in [6, 6.07) is 18.2. The Morgan fingerprint density at radius 1 is 1.08 bits per heavy atom. The number of fused-ring (bicyclic) bond motifs is 1. The normalized spacial score (nSPS) is 11.2. The van der Waals surface area contributed by atoms with Crippen molar-refractivity contribution >= 4 is 49.5 Å². The number of nitrogens with zero attached hydrogens (tertiary/aromatic N) is 3. The molecule has 1 N–H and O–H groups in total. The zero-order valence-corrected chi connectivity index (χ0v) is 15.5. The highest BCUT2D eigenvalue weighted by atomic mass is 79.9. The molecule has 25 heavy (non-hydrogen) atoms. The summed E-state index contributed by atoms with van der Waals surface area (Å²) in [7, 11) is 0. The van der Waals surface area contributed by atoms with Crippen LogP contribution < -0.4 is 5.43 Å². The van der Waals surface area contributed by atoms with E-state index in [0.717, 1.165) is 37.3 Å². The first-order valence-electron chi connectivity index (χ1n) is 7.64. The van der Waals surface area contributed by atoms with Gasteiger partial charge in [0, 0.05) is 32.6 Å². The Morgan fingerprint density at radius 2 is 1.96 bits per heavy atom. The van der Waals surface area contributed by atoms with Gasteiger partial charge in [-0.2, -0.15) is 5.10 Å². The number of nitrogens with one attached hydrogen (secondary N) is 1. The van der Waals surface area contributed by atoms with Gasteiger partial charge in [-0.05, 0) is 22.0 Å². The number of hydrogen-bond donors (Lipinski definition) is 1. The Morgan fingerprint density at radius 3 is 2.84 bits per heavy atom. The number of para-hydroxylation sites is 1. The summed E-state index contributed by atoms with van der Waals surface area (Å²) in [5.74, 6) is 0. The Hall–Kier alpha value is -2.57. The minimum atomic E-state index is 0.756. The van der Waals surface area contributed by atoms with Crippen LogP contribution in [0.4, 0.5) is 5.13 Å². The third kappa shape index (κ3) is 3.60. The van der Waals surface area contributed by atoms with Crippen LogP contribution in [0.1, 0.15) is 5.56 Å². The number of hydrogen-bond acceptors (Lipinski definition) is 5. The lowest BCUT2D eigenvalue weighted by Gasteiger charge is -2.01. The fraction of sp³-hybridized carbons (Fsp3) is 0. The van der Waals surface area contributed by atoms with Crippen LogP contribution in [0.3, 0.4) is 0 Å². The van der Waals surface area contributed by atoms with Gasteiger partial charge < -0.3 is 0 Å². The molecule has 0 saturated heterocycles. The molecule has 4 nitrogen and oxygen atoms in total. The molecule has 0 unspecified atom stereocenters. The van der Waals surface area contributed by atoms with Crippen LogP contribution in [0.5, 0.6) is 0 Å². The summed E-state index contributed by atoms with van der Waals surface area (Å²) in [6.45, 7) is 0. The van der Waals surface area contributed by atoms with Crippen molar-refractivity contribution in [3.05, 3.63) is 76.2 Å². The highest BCUT2D eigenvalue weighted by Gasteiger charge is 2.04. The molecular formula is C19H13BrN4S. The number of rotatable bonds is 4. The standard InChI is InChI=1S/C19H13BrN4S/c20-16-9-14-7-4-8-15(18(14)21-11-16)10-22-24-19-23-17(12-25-19)13-5-2-1-3-6-13/h1-12H,(H,23,24). The van der Waals surface area contributed by atoms with E-state index >= 15 is 0 Å². The molecule has 0 saturated carbocycles. The predicted molar refractivity (Wildman–Crippen MR) is 108 cm³/mol. The van der Waals surface area contributed by atoms with Crippen LogP contribution in [0.25, 0.3) is 22.2 Å². The molecule has 0 bridgehead atoms. The first-order chi connectivity index (χ1) is 12.3. The van der Waals surface area contributed by atoms with E-state index in [9.17, 15) is 0 Å². The maximum Gasteiger partial charge on any atom is 0.203 e. The number of anilines is 1. The van der Waals surface area contributed by atoms with E-state index in [2.05, 4.69) is 36.4 Å². The number of thiazole rings is 1. The van der Waals surface area contributed by atoms with Crippen molar-refractivity contribution in [1.29, 1.82) is 0 Å². The third-order valence-corrected chi connectivity index (χ3v) is 4.83. The molecule has 4 aromatic rings. The Bertz CT molecular complexity index is 1040. The molecule has 0 aliphatic rings. The molecule has 0 amide bonds. The second-order valence-electron chi connectivity index (χ2n) is 5.35. The summed E-state index contributed by atoms with van der Waals surface area (Å²) >= 11 is 4.97. The second-order valence-corrected chi connectivity index (χ2v) is 7.12. The Balaban J connectivity index is 1.53. The van der Waals surface area contributed by atoms with Gasteiger partial charge >= 0.3 is 0 Å². The molecule has 122 valence electrons. The SMILES string of the molecule is Brc1cnc2c(C=NNc3nc(-c4ccccc4)cs3)cccc2c1. The van der Waals surface area contributed by atoms with Crippen molar-refractivity contribution in [2.75, 3.05) is 5.43 Å². The average Bonchev–Trinajstić information content (AvgIpc) is 3.11. The van der Waals surface area contributed by atoms with Crippen molar-refractivity contribution in [3.8, 4) is 11.3 Å². The van der Waals surface area contributed by atoms with E-state index in [-0.39, 0.29) is 0 Å². The molecule has 2 aromatic heterocycles. The van der Waals surface area contributed by atoms with E-state index in [1.807, 2.05) is 60.0 Å². The van der Waals surface area contributed by atoms with Crippen molar-refractivity contribution < 1.29 is 0 Å². The molecule has 0 aliphatic carbocycles. The molecular weight excluding hydrogens is 396 g/mol. The monoisotopic (exact) mass is 408 g/mol. The maximum absolute atomic E-state index is 4.56. The highest BCUT2D eigenvalue weighted by Crippen LogP contribution is 2.24. The van der Waals surface area contributed by atoms with Crippen molar-refractivity contribution in [1.82, 2.24) is 9.97 Å². The van der Waals surface area contributed by atoms with Crippen molar-refractivity contribution in [2.24, 2.45) is 5.10 Å². The zero-order valence-electron chi connectivity index (χ0n) is 13.1. The van der Waals surface area contributed by atoms with E-state index in [4.69, 9.17) is 0 Å². The zero-order chi connectivity index (χ0) is 17.1. The Kier molecular flexibility index (Phi) is 4.54. The summed E-state index contributed by atoms with van der Waals surface area (Å²) in [5.41, 5.74) is 6.91. The molecule has 0 radical (unpaired) electrons. The van der Waals surface area contributed by atoms with Gasteiger partial charge in [-0.3, -0.25) is 10.4 Å². The molecule has 0 aliphatic heterocycles. The van der Waals surface area contributed by atoms with Gasteiger partial charge in [0.25, 0.3) is 0 Å². The predicted octanol–water partition coefficient (Wildman–Crippen LogP) is 5.57. The first kappa shape index (κ1) is 15.9. The van der Waals surface area contributed by atoms with Crippen LogP contribution in [-0.4, -0.2) is 16.2 Å². The number of pyridine rings is 1. The van der Waals surface area contributed by atoms with E-state index < -0.39 is 0 Å².